The van der Waals surface area contributed by atoms with Gasteiger partial charge in [-0.15, -0.1) is 0 Å². The molecule has 0 aliphatic heterocycles. The zero-order valence-corrected chi connectivity index (χ0v) is 12.9. The number of halogens is 1. The predicted molar refractivity (Wildman–Crippen MR) is 81.7 cm³/mol. The lowest BCUT2D eigenvalue weighted by Gasteiger charge is -2.30. The van der Waals surface area contributed by atoms with Crippen molar-refractivity contribution in [2.75, 3.05) is 12.8 Å². The Hall–Kier alpha value is -0.380. The van der Waals surface area contributed by atoms with Crippen LogP contribution in [0.5, 0.6) is 5.75 Å². The topological polar surface area (TPSA) is 32.3 Å². The molecule has 0 heterocycles. The van der Waals surface area contributed by atoms with Crippen molar-refractivity contribution in [3.8, 4) is 5.75 Å². The summed E-state index contributed by atoms with van der Waals surface area (Å²) < 4.78 is 0.320. The van der Waals surface area contributed by atoms with Crippen LogP contribution in [0.2, 0.25) is 5.02 Å². The Bertz CT molecular complexity index is 372. The molecule has 0 fully saturated rings. The van der Waals surface area contributed by atoms with Gasteiger partial charge in [-0.05, 0) is 36.8 Å². The Morgan fingerprint density at radius 2 is 2.00 bits per heavy atom. The summed E-state index contributed by atoms with van der Waals surface area (Å²) in [5, 5.41) is 13.3. The van der Waals surface area contributed by atoms with Crippen LogP contribution in [0.15, 0.2) is 18.2 Å². The summed E-state index contributed by atoms with van der Waals surface area (Å²) in [6.07, 6.45) is 4.49. The molecule has 0 saturated carbocycles. The summed E-state index contributed by atoms with van der Waals surface area (Å²) >= 11 is 7.81. The van der Waals surface area contributed by atoms with Gasteiger partial charge in [0.05, 0.1) is 5.02 Å². The highest BCUT2D eigenvalue weighted by Gasteiger charge is 2.23. The molecule has 0 unspecified atom stereocenters. The van der Waals surface area contributed by atoms with Crippen LogP contribution in [-0.2, 0) is 6.54 Å². The Balaban J connectivity index is 2.52. The van der Waals surface area contributed by atoms with Gasteiger partial charge in [0.15, 0.2) is 0 Å². The van der Waals surface area contributed by atoms with Gasteiger partial charge in [0.2, 0.25) is 0 Å². The molecule has 2 N–H and O–H groups in total. The number of rotatable bonds is 7. The Morgan fingerprint density at radius 3 is 2.50 bits per heavy atom. The highest BCUT2D eigenvalue weighted by molar-refractivity contribution is 8.00. The number of thioether (sulfide) groups is 1. The zero-order valence-electron chi connectivity index (χ0n) is 11.3. The summed E-state index contributed by atoms with van der Waals surface area (Å²) in [7, 11) is 0. The standard InChI is InChI=1S/C14H22ClNOS/c1-4-14(5-2,18-3)10-16-9-11-6-7-13(17)12(15)8-11/h6-8,16-17H,4-5,9-10H2,1-3H3. The first-order valence-corrected chi connectivity index (χ1v) is 7.90. The summed E-state index contributed by atoms with van der Waals surface area (Å²) in [5.41, 5.74) is 1.10. The van der Waals surface area contributed by atoms with Crippen LogP contribution >= 0.6 is 23.4 Å². The van der Waals surface area contributed by atoms with Gasteiger partial charge < -0.3 is 10.4 Å². The molecule has 0 saturated heterocycles. The molecule has 0 spiro atoms. The first-order chi connectivity index (χ1) is 8.56. The molecule has 4 heteroatoms. The van der Waals surface area contributed by atoms with Crippen LogP contribution in [-0.4, -0.2) is 22.7 Å². The number of aromatic hydroxyl groups is 1. The average Bonchev–Trinajstić information content (AvgIpc) is 2.39. The molecule has 18 heavy (non-hydrogen) atoms. The minimum Gasteiger partial charge on any atom is -0.506 e. The number of hydrogen-bond acceptors (Lipinski definition) is 3. The van der Waals surface area contributed by atoms with Crippen molar-refractivity contribution in [2.45, 2.75) is 38.0 Å². The third-order valence-corrected chi connectivity index (χ3v) is 5.40. The Labute approximate surface area is 119 Å². The van der Waals surface area contributed by atoms with E-state index in [-0.39, 0.29) is 5.75 Å². The molecular weight excluding hydrogens is 266 g/mol. The van der Waals surface area contributed by atoms with Crippen molar-refractivity contribution in [2.24, 2.45) is 0 Å². The summed E-state index contributed by atoms with van der Waals surface area (Å²) in [6.45, 7) is 6.24. The fourth-order valence-corrected chi connectivity index (χ4v) is 2.98. The molecule has 1 rings (SSSR count). The second kappa shape index (κ2) is 7.27. The van der Waals surface area contributed by atoms with Gasteiger partial charge in [-0.2, -0.15) is 11.8 Å². The maximum Gasteiger partial charge on any atom is 0.134 e. The first kappa shape index (κ1) is 15.7. The normalized spacial score (nSPS) is 11.8. The number of hydrogen-bond donors (Lipinski definition) is 2. The largest absolute Gasteiger partial charge is 0.506 e. The lowest BCUT2D eigenvalue weighted by atomic mass is 10.0. The average molecular weight is 288 g/mol. The second-order valence-corrected chi connectivity index (χ2v) is 6.17. The van der Waals surface area contributed by atoms with E-state index in [1.165, 1.54) is 0 Å². The monoisotopic (exact) mass is 287 g/mol. The van der Waals surface area contributed by atoms with Crippen molar-refractivity contribution in [1.29, 1.82) is 0 Å². The maximum absolute atomic E-state index is 9.36. The van der Waals surface area contributed by atoms with Crippen molar-refractivity contribution in [3.05, 3.63) is 28.8 Å². The van der Waals surface area contributed by atoms with Crippen LogP contribution in [0.25, 0.3) is 0 Å². The van der Waals surface area contributed by atoms with Crippen molar-refractivity contribution in [3.63, 3.8) is 0 Å². The predicted octanol–water partition coefficient (Wildman–Crippen LogP) is 4.06. The van der Waals surface area contributed by atoms with E-state index in [4.69, 9.17) is 11.6 Å². The molecule has 0 atom stereocenters. The molecule has 0 aromatic heterocycles. The van der Waals surface area contributed by atoms with E-state index in [0.717, 1.165) is 31.5 Å². The van der Waals surface area contributed by atoms with Gasteiger partial charge in [-0.1, -0.05) is 31.5 Å². The molecular formula is C14H22ClNOS. The summed E-state index contributed by atoms with van der Waals surface area (Å²) in [6, 6.07) is 5.34. The summed E-state index contributed by atoms with van der Waals surface area (Å²) in [4.78, 5) is 0. The van der Waals surface area contributed by atoms with Gasteiger partial charge in [0.25, 0.3) is 0 Å². The number of nitrogens with one attached hydrogen (secondary N) is 1. The minimum atomic E-state index is 0.140. The van der Waals surface area contributed by atoms with Crippen molar-refractivity contribution in [1.82, 2.24) is 5.32 Å². The fourth-order valence-electron chi connectivity index (χ4n) is 1.96. The molecule has 2 nitrogen and oxygen atoms in total. The van der Waals surface area contributed by atoms with E-state index in [2.05, 4.69) is 25.4 Å². The lowest BCUT2D eigenvalue weighted by Crippen LogP contribution is -2.36. The lowest BCUT2D eigenvalue weighted by molar-refractivity contribution is 0.474. The minimum absolute atomic E-state index is 0.140. The molecule has 1 aromatic rings. The second-order valence-electron chi connectivity index (χ2n) is 4.48. The van der Waals surface area contributed by atoms with Gasteiger partial charge in [-0.3, -0.25) is 0 Å². The first-order valence-electron chi connectivity index (χ1n) is 6.30. The molecule has 0 aliphatic carbocycles. The van der Waals surface area contributed by atoms with E-state index < -0.39 is 0 Å². The van der Waals surface area contributed by atoms with Crippen LogP contribution in [0, 0.1) is 0 Å². The zero-order chi connectivity index (χ0) is 13.6. The molecule has 1 aromatic carbocycles. The SMILES string of the molecule is CCC(CC)(CNCc1ccc(O)c(Cl)c1)SC. The Morgan fingerprint density at radius 1 is 1.33 bits per heavy atom. The van der Waals surface area contributed by atoms with E-state index in [1.54, 1.807) is 6.07 Å². The number of phenols is 1. The molecule has 0 aliphatic rings. The third kappa shape index (κ3) is 4.08. The van der Waals surface area contributed by atoms with Gasteiger partial charge >= 0.3 is 0 Å². The van der Waals surface area contributed by atoms with Crippen molar-refractivity contribution < 1.29 is 5.11 Å². The van der Waals surface area contributed by atoms with E-state index in [9.17, 15) is 5.11 Å². The molecule has 102 valence electrons. The number of benzene rings is 1. The van der Waals surface area contributed by atoms with Crippen LogP contribution in [0.4, 0.5) is 0 Å². The third-order valence-electron chi connectivity index (χ3n) is 3.51. The number of phenolic OH excluding ortho intramolecular Hbond substituents is 1. The van der Waals surface area contributed by atoms with E-state index in [1.807, 2.05) is 23.9 Å². The van der Waals surface area contributed by atoms with Gasteiger partial charge in [0.1, 0.15) is 5.75 Å². The maximum atomic E-state index is 9.36. The molecule has 0 radical (unpaired) electrons. The van der Waals surface area contributed by atoms with Crippen molar-refractivity contribution >= 4 is 23.4 Å². The van der Waals surface area contributed by atoms with Gasteiger partial charge in [0, 0.05) is 17.8 Å². The molecule has 0 amide bonds. The fraction of sp³-hybridized carbons (Fsp3) is 0.571. The molecule has 0 bridgehead atoms. The van der Waals surface area contributed by atoms with Crippen LogP contribution in [0.3, 0.4) is 0 Å². The van der Waals surface area contributed by atoms with E-state index >= 15 is 0 Å². The summed E-state index contributed by atoms with van der Waals surface area (Å²) in [5.74, 6) is 0.140. The van der Waals surface area contributed by atoms with E-state index in [0.29, 0.717) is 9.77 Å². The van der Waals surface area contributed by atoms with Crippen LogP contribution in [0.1, 0.15) is 32.3 Å². The van der Waals surface area contributed by atoms with Crippen LogP contribution < -0.4 is 5.32 Å². The highest BCUT2D eigenvalue weighted by Crippen LogP contribution is 2.29. The van der Waals surface area contributed by atoms with Gasteiger partial charge in [-0.25, -0.2) is 0 Å². The highest BCUT2D eigenvalue weighted by atomic mass is 35.5. The quantitative estimate of drug-likeness (QED) is 0.793. The Kier molecular flexibility index (Phi) is 6.33. The smallest absolute Gasteiger partial charge is 0.134 e.